The van der Waals surface area contributed by atoms with E-state index >= 15 is 0 Å². The summed E-state index contributed by atoms with van der Waals surface area (Å²) >= 11 is 3.28. The predicted molar refractivity (Wildman–Crippen MR) is 132 cm³/mol. The first-order valence-electron chi connectivity index (χ1n) is 10.5. The number of aryl methyl sites for hydroxylation is 1. The van der Waals surface area contributed by atoms with Gasteiger partial charge in [0.25, 0.3) is 0 Å². The largest absolute Gasteiger partial charge is 0.481 e. The van der Waals surface area contributed by atoms with E-state index in [9.17, 15) is 15.0 Å². The third kappa shape index (κ3) is 3.86. The van der Waals surface area contributed by atoms with E-state index in [1.165, 1.54) is 21.2 Å². The molecule has 2 aromatic carbocycles. The number of hydrogen-bond donors (Lipinski definition) is 3. The average molecular weight is 465 g/mol. The Labute approximate surface area is 194 Å². The van der Waals surface area contributed by atoms with Gasteiger partial charge in [-0.1, -0.05) is 35.9 Å². The normalized spacial score (nSPS) is 19.2. The summed E-state index contributed by atoms with van der Waals surface area (Å²) in [5, 5.41) is 25.7. The average Bonchev–Trinajstić information content (AvgIpc) is 3.46. The highest BCUT2D eigenvalue weighted by molar-refractivity contribution is 8.03. The van der Waals surface area contributed by atoms with Crippen LogP contribution in [0.2, 0.25) is 0 Å². The molecule has 7 heteroatoms. The Hall–Kier alpha value is -2.58. The van der Waals surface area contributed by atoms with E-state index in [1.807, 2.05) is 23.7 Å². The molecule has 3 atom stereocenters. The second-order valence-corrected chi connectivity index (χ2v) is 10.3. The quantitative estimate of drug-likeness (QED) is 0.356. The van der Waals surface area contributed by atoms with Crippen LogP contribution in [0.3, 0.4) is 0 Å². The monoisotopic (exact) mass is 464 g/mol. The summed E-state index contributed by atoms with van der Waals surface area (Å²) in [4.78, 5) is 11.5. The smallest absolute Gasteiger partial charge is 0.307 e. The van der Waals surface area contributed by atoms with Crippen molar-refractivity contribution in [3.8, 4) is 0 Å². The van der Waals surface area contributed by atoms with Gasteiger partial charge in [-0.25, -0.2) is 0 Å². The fraction of sp³-hybridized carbons (Fsp3) is 0.240. The lowest BCUT2D eigenvalue weighted by atomic mass is 9.93. The summed E-state index contributed by atoms with van der Waals surface area (Å²) < 4.78 is 3.40. The van der Waals surface area contributed by atoms with E-state index in [4.69, 9.17) is 5.73 Å². The molecule has 1 aliphatic heterocycles. The van der Waals surface area contributed by atoms with Gasteiger partial charge in [0, 0.05) is 34.3 Å². The highest BCUT2D eigenvalue weighted by Gasteiger charge is 2.30. The number of aliphatic carboxylic acids is 1. The van der Waals surface area contributed by atoms with Crippen LogP contribution in [-0.2, 0) is 17.8 Å². The molecule has 0 fully saturated rings. The van der Waals surface area contributed by atoms with Crippen LogP contribution in [0.5, 0.6) is 0 Å². The minimum atomic E-state index is -0.912. The van der Waals surface area contributed by atoms with Crippen LogP contribution in [0.1, 0.15) is 28.2 Å². The van der Waals surface area contributed by atoms with E-state index in [0.29, 0.717) is 6.54 Å². The molecule has 2 aromatic heterocycles. The number of carboxylic acids is 1. The third-order valence-corrected chi connectivity index (χ3v) is 8.29. The van der Waals surface area contributed by atoms with E-state index in [0.717, 1.165) is 22.0 Å². The van der Waals surface area contributed by atoms with Crippen molar-refractivity contribution in [2.24, 2.45) is 5.73 Å². The van der Waals surface area contributed by atoms with Crippen molar-refractivity contribution in [3.05, 3.63) is 81.7 Å². The van der Waals surface area contributed by atoms with E-state index in [2.05, 4.69) is 47.2 Å². The number of hydrogen-bond acceptors (Lipinski definition) is 5. The standard InChI is InChI=1S/C25H24N2O3S2/c1-14-2-5-22-20(8-14)17(13-32-22)12-27-11-16(10-23(28)29)18-4-3-15(9-21(18)27)19-6-7-31-24(19)25(26)30/h2-9,11,13,19,24-25,30H,10,12,26H2,1H3,(H,28,29). The maximum Gasteiger partial charge on any atom is 0.307 e. The summed E-state index contributed by atoms with van der Waals surface area (Å²) in [5.74, 6) is -0.827. The molecule has 0 aliphatic carbocycles. The minimum Gasteiger partial charge on any atom is -0.481 e. The Kier molecular flexibility index (Phi) is 5.59. The van der Waals surface area contributed by atoms with E-state index in [1.54, 1.807) is 23.1 Å². The summed E-state index contributed by atoms with van der Waals surface area (Å²) in [5.41, 5.74) is 11.1. The molecule has 0 radical (unpaired) electrons. The van der Waals surface area contributed by atoms with Crippen LogP contribution in [0.15, 0.2) is 59.5 Å². The lowest BCUT2D eigenvalue weighted by Gasteiger charge is -2.21. The van der Waals surface area contributed by atoms with Crippen LogP contribution in [0.25, 0.3) is 21.0 Å². The Morgan fingerprint density at radius 1 is 1.19 bits per heavy atom. The number of allylic oxidation sites excluding steroid dienone is 1. The van der Waals surface area contributed by atoms with Crippen molar-refractivity contribution in [2.45, 2.75) is 37.3 Å². The predicted octanol–water partition coefficient (Wildman–Crippen LogP) is 4.83. The van der Waals surface area contributed by atoms with E-state index < -0.39 is 12.2 Å². The van der Waals surface area contributed by atoms with Crippen molar-refractivity contribution in [1.82, 2.24) is 4.57 Å². The second kappa shape index (κ2) is 8.41. The first kappa shape index (κ1) is 21.3. The van der Waals surface area contributed by atoms with Gasteiger partial charge in [0.1, 0.15) is 6.23 Å². The van der Waals surface area contributed by atoms with Gasteiger partial charge in [0.15, 0.2) is 0 Å². The molecule has 164 valence electrons. The molecule has 5 nitrogen and oxygen atoms in total. The molecular weight excluding hydrogens is 440 g/mol. The fourth-order valence-corrected chi connectivity index (χ4v) is 6.49. The van der Waals surface area contributed by atoms with Crippen molar-refractivity contribution < 1.29 is 15.0 Å². The first-order chi connectivity index (χ1) is 15.4. The summed E-state index contributed by atoms with van der Waals surface area (Å²) in [6.07, 6.45) is 3.12. The fourth-order valence-electron chi connectivity index (χ4n) is 4.54. The number of rotatable bonds is 6. The number of nitrogens with zero attached hydrogens (tertiary/aromatic N) is 1. The Morgan fingerprint density at radius 3 is 2.81 bits per heavy atom. The van der Waals surface area contributed by atoms with Crippen LogP contribution in [0, 0.1) is 6.92 Å². The van der Waals surface area contributed by atoms with Crippen LogP contribution < -0.4 is 5.73 Å². The zero-order valence-electron chi connectivity index (χ0n) is 17.6. The lowest BCUT2D eigenvalue weighted by molar-refractivity contribution is -0.136. The van der Waals surface area contributed by atoms with Gasteiger partial charge in [-0.15, -0.1) is 23.1 Å². The molecule has 4 aromatic rings. The highest BCUT2D eigenvalue weighted by Crippen LogP contribution is 2.39. The zero-order valence-corrected chi connectivity index (χ0v) is 19.2. The molecule has 3 heterocycles. The molecule has 0 saturated carbocycles. The van der Waals surface area contributed by atoms with E-state index in [-0.39, 0.29) is 17.6 Å². The van der Waals surface area contributed by atoms with Crippen molar-refractivity contribution in [2.75, 3.05) is 0 Å². The van der Waals surface area contributed by atoms with Gasteiger partial charge in [0.2, 0.25) is 0 Å². The lowest BCUT2D eigenvalue weighted by Crippen LogP contribution is -2.34. The molecular formula is C25H24N2O3S2. The number of nitrogens with two attached hydrogens (primary N) is 1. The second-order valence-electron chi connectivity index (χ2n) is 8.34. The van der Waals surface area contributed by atoms with Crippen LogP contribution in [-0.4, -0.2) is 32.2 Å². The number of benzene rings is 2. The molecule has 5 rings (SSSR count). The number of aromatic nitrogens is 1. The van der Waals surface area contributed by atoms with Gasteiger partial charge in [-0.3, -0.25) is 4.79 Å². The third-order valence-electron chi connectivity index (χ3n) is 6.08. The van der Waals surface area contributed by atoms with Gasteiger partial charge in [0.05, 0.1) is 11.7 Å². The molecule has 0 bridgehead atoms. The SMILES string of the molecule is Cc1ccc2scc(Cn3cc(CC(=O)O)c4ccc(C5C=CSC5C(N)O)cc43)c2c1. The number of thioether (sulfide) groups is 1. The van der Waals surface area contributed by atoms with Crippen molar-refractivity contribution in [3.63, 3.8) is 0 Å². The number of aliphatic hydroxyl groups excluding tert-OH is 1. The van der Waals surface area contributed by atoms with Crippen molar-refractivity contribution >= 4 is 50.1 Å². The summed E-state index contributed by atoms with van der Waals surface area (Å²) in [7, 11) is 0. The Morgan fingerprint density at radius 2 is 2.03 bits per heavy atom. The van der Waals surface area contributed by atoms with Crippen molar-refractivity contribution in [1.29, 1.82) is 0 Å². The maximum atomic E-state index is 11.5. The summed E-state index contributed by atoms with van der Waals surface area (Å²) in [6.45, 7) is 2.76. The number of fused-ring (bicyclic) bond motifs is 2. The van der Waals surface area contributed by atoms with Crippen LogP contribution >= 0.6 is 23.1 Å². The molecule has 0 amide bonds. The molecule has 3 unspecified atom stereocenters. The molecule has 32 heavy (non-hydrogen) atoms. The maximum absolute atomic E-state index is 11.5. The summed E-state index contributed by atoms with van der Waals surface area (Å²) in [6, 6.07) is 12.6. The number of thiophene rings is 1. The first-order valence-corrected chi connectivity index (χ1v) is 12.3. The molecule has 0 saturated heterocycles. The van der Waals surface area contributed by atoms with Gasteiger partial charge in [-0.05, 0) is 51.9 Å². The van der Waals surface area contributed by atoms with Gasteiger partial charge >= 0.3 is 5.97 Å². The topological polar surface area (TPSA) is 88.5 Å². The minimum absolute atomic E-state index is 0.0142. The van der Waals surface area contributed by atoms with Crippen LogP contribution in [0.4, 0.5) is 0 Å². The number of aliphatic hydroxyl groups is 1. The number of carbonyl (C=O) groups is 1. The zero-order chi connectivity index (χ0) is 22.4. The molecule has 0 spiro atoms. The number of carboxylic acid groups (broad SMARTS) is 1. The Bertz CT molecular complexity index is 1350. The molecule has 1 aliphatic rings. The van der Waals surface area contributed by atoms with Gasteiger partial charge < -0.3 is 20.5 Å². The Balaban J connectivity index is 1.61. The highest BCUT2D eigenvalue weighted by atomic mass is 32.2. The molecule has 4 N–H and O–H groups in total. The van der Waals surface area contributed by atoms with Gasteiger partial charge in [-0.2, -0.15) is 0 Å².